The van der Waals surface area contributed by atoms with Crippen LogP contribution in [0.1, 0.15) is 5.56 Å². The molecule has 0 spiro atoms. The van der Waals surface area contributed by atoms with Gasteiger partial charge in [-0.3, -0.25) is 9.69 Å². The van der Waals surface area contributed by atoms with Crippen LogP contribution in [0.25, 0.3) is 6.08 Å². The normalized spacial score (nSPS) is 16.3. The molecule has 2 aromatic rings. The lowest BCUT2D eigenvalue weighted by Crippen LogP contribution is -2.27. The van der Waals surface area contributed by atoms with Gasteiger partial charge in [-0.05, 0) is 57.9 Å². The van der Waals surface area contributed by atoms with Crippen molar-refractivity contribution in [3.05, 3.63) is 67.2 Å². The van der Waals surface area contributed by atoms with Crippen LogP contribution in [0.15, 0.2) is 45.8 Å². The first-order valence-electron chi connectivity index (χ1n) is 6.55. The minimum atomic E-state index is -0.365. The number of hydrogen-bond acceptors (Lipinski definition) is 3. The number of thioether (sulfide) groups is 1. The Kier molecular flexibility index (Phi) is 5.32. The molecule has 0 radical (unpaired) electrons. The summed E-state index contributed by atoms with van der Waals surface area (Å²) in [5, 5.41) is 0.743. The molecule has 0 saturated carbocycles. The van der Waals surface area contributed by atoms with E-state index in [1.54, 1.807) is 36.4 Å². The molecule has 122 valence electrons. The molecule has 0 aliphatic carbocycles. The maximum atomic E-state index is 13.3. The molecule has 1 heterocycles. The van der Waals surface area contributed by atoms with Crippen molar-refractivity contribution in [2.45, 2.75) is 0 Å². The van der Waals surface area contributed by atoms with Crippen LogP contribution in [0.2, 0.25) is 10.0 Å². The third kappa shape index (κ3) is 3.53. The summed E-state index contributed by atoms with van der Waals surface area (Å²) < 4.78 is 14.0. The van der Waals surface area contributed by atoms with E-state index in [9.17, 15) is 9.18 Å². The SMILES string of the molecule is O=C1/C(=C/c2ccc(F)c(Br)c2)SC(=S)N1c1ccc(Cl)c(Cl)c1. The Hall–Kier alpha value is -0.920. The molecule has 1 fully saturated rings. The Morgan fingerprint density at radius 3 is 2.58 bits per heavy atom. The highest BCUT2D eigenvalue weighted by atomic mass is 79.9. The highest BCUT2D eigenvalue weighted by Crippen LogP contribution is 2.38. The van der Waals surface area contributed by atoms with Gasteiger partial charge in [0, 0.05) is 0 Å². The van der Waals surface area contributed by atoms with Crippen LogP contribution in [0.3, 0.4) is 0 Å². The fourth-order valence-electron chi connectivity index (χ4n) is 2.07. The van der Waals surface area contributed by atoms with E-state index in [1.807, 2.05) is 0 Å². The van der Waals surface area contributed by atoms with Crippen molar-refractivity contribution in [1.29, 1.82) is 0 Å². The lowest BCUT2D eigenvalue weighted by Gasteiger charge is -2.15. The molecule has 1 aliphatic rings. The Labute approximate surface area is 165 Å². The van der Waals surface area contributed by atoms with E-state index in [1.165, 1.54) is 22.7 Å². The first-order valence-corrected chi connectivity index (χ1v) is 9.32. The average Bonchev–Trinajstić information content (AvgIpc) is 2.80. The van der Waals surface area contributed by atoms with Crippen molar-refractivity contribution in [2.24, 2.45) is 0 Å². The summed E-state index contributed by atoms with van der Waals surface area (Å²) in [5.41, 5.74) is 1.24. The molecule has 0 unspecified atom stereocenters. The second kappa shape index (κ2) is 7.14. The number of carbonyl (C=O) groups excluding carboxylic acids is 1. The van der Waals surface area contributed by atoms with Crippen LogP contribution < -0.4 is 4.90 Å². The monoisotopic (exact) mass is 461 g/mol. The van der Waals surface area contributed by atoms with E-state index in [0.29, 0.717) is 35.0 Å². The average molecular weight is 463 g/mol. The molecule has 2 nitrogen and oxygen atoms in total. The molecular weight excluding hydrogens is 456 g/mol. The summed E-state index contributed by atoms with van der Waals surface area (Å²) in [4.78, 5) is 14.5. The molecule has 2 aromatic carbocycles. The van der Waals surface area contributed by atoms with Gasteiger partial charge in [-0.2, -0.15) is 0 Å². The van der Waals surface area contributed by atoms with Crippen LogP contribution in [0.4, 0.5) is 10.1 Å². The number of amides is 1. The van der Waals surface area contributed by atoms with Crippen LogP contribution >= 0.6 is 63.1 Å². The number of hydrogen-bond donors (Lipinski definition) is 0. The van der Waals surface area contributed by atoms with Crippen LogP contribution in [-0.2, 0) is 4.79 Å². The standard InChI is InChI=1S/C16H7BrCl2FNOS2/c17-10-5-8(1-4-13(10)20)6-14-15(22)21(16(23)24-14)9-2-3-11(18)12(19)7-9/h1-7H/b14-6-. The van der Waals surface area contributed by atoms with E-state index in [0.717, 1.165) is 0 Å². The number of nitrogens with zero attached hydrogens (tertiary/aromatic N) is 1. The van der Waals surface area contributed by atoms with E-state index < -0.39 is 0 Å². The number of anilines is 1. The van der Waals surface area contributed by atoms with Crippen molar-refractivity contribution in [3.63, 3.8) is 0 Å². The van der Waals surface area contributed by atoms with E-state index >= 15 is 0 Å². The minimum absolute atomic E-state index is 0.260. The maximum Gasteiger partial charge on any atom is 0.270 e. The Balaban J connectivity index is 1.94. The zero-order valence-electron chi connectivity index (χ0n) is 11.7. The van der Waals surface area contributed by atoms with Gasteiger partial charge in [0.2, 0.25) is 0 Å². The highest BCUT2D eigenvalue weighted by molar-refractivity contribution is 9.10. The molecule has 3 rings (SSSR count). The third-order valence-corrected chi connectivity index (χ3v) is 5.85. The summed E-state index contributed by atoms with van der Waals surface area (Å²) in [6.45, 7) is 0. The van der Waals surface area contributed by atoms with Crippen LogP contribution in [-0.4, -0.2) is 10.2 Å². The van der Waals surface area contributed by atoms with Crippen molar-refractivity contribution in [2.75, 3.05) is 4.90 Å². The fourth-order valence-corrected chi connectivity index (χ4v) is 4.06. The van der Waals surface area contributed by atoms with Crippen molar-refractivity contribution in [1.82, 2.24) is 0 Å². The summed E-state index contributed by atoms with van der Waals surface area (Å²) in [6.07, 6.45) is 1.67. The first-order chi connectivity index (χ1) is 11.4. The largest absolute Gasteiger partial charge is 0.270 e. The molecule has 0 atom stereocenters. The van der Waals surface area contributed by atoms with E-state index in [-0.39, 0.29) is 11.7 Å². The van der Waals surface area contributed by atoms with Crippen molar-refractivity contribution < 1.29 is 9.18 Å². The minimum Gasteiger partial charge on any atom is -0.268 e. The van der Waals surface area contributed by atoms with Gasteiger partial charge in [-0.25, -0.2) is 4.39 Å². The number of carbonyl (C=O) groups is 1. The predicted molar refractivity (Wildman–Crippen MR) is 106 cm³/mol. The summed E-state index contributed by atoms with van der Waals surface area (Å²) in [5.74, 6) is -0.626. The third-order valence-electron chi connectivity index (χ3n) is 3.20. The first kappa shape index (κ1) is 17.9. The van der Waals surface area contributed by atoms with Crippen LogP contribution in [0.5, 0.6) is 0 Å². The summed E-state index contributed by atoms with van der Waals surface area (Å²) in [6, 6.07) is 9.39. The lowest BCUT2D eigenvalue weighted by molar-refractivity contribution is -0.113. The smallest absolute Gasteiger partial charge is 0.268 e. The molecule has 1 aliphatic heterocycles. The Morgan fingerprint density at radius 1 is 1.17 bits per heavy atom. The molecule has 0 aromatic heterocycles. The van der Waals surface area contributed by atoms with Gasteiger partial charge >= 0.3 is 0 Å². The highest BCUT2D eigenvalue weighted by Gasteiger charge is 2.33. The molecular formula is C16H7BrCl2FNOS2. The summed E-state index contributed by atoms with van der Waals surface area (Å²) in [7, 11) is 0. The van der Waals surface area contributed by atoms with Gasteiger partial charge in [0.15, 0.2) is 4.32 Å². The number of rotatable bonds is 2. The van der Waals surface area contributed by atoms with Gasteiger partial charge in [0.25, 0.3) is 5.91 Å². The van der Waals surface area contributed by atoms with Gasteiger partial charge < -0.3 is 0 Å². The van der Waals surface area contributed by atoms with Gasteiger partial charge in [0.1, 0.15) is 5.82 Å². The molecule has 0 N–H and O–H groups in total. The van der Waals surface area contributed by atoms with Gasteiger partial charge in [0.05, 0.1) is 25.1 Å². The second-order valence-electron chi connectivity index (χ2n) is 4.79. The van der Waals surface area contributed by atoms with Gasteiger partial charge in [-0.15, -0.1) is 0 Å². The quantitative estimate of drug-likeness (QED) is 0.385. The van der Waals surface area contributed by atoms with Crippen LogP contribution in [0, 0.1) is 5.82 Å². The van der Waals surface area contributed by atoms with Gasteiger partial charge in [-0.1, -0.05) is 53.2 Å². The van der Waals surface area contributed by atoms with E-state index in [2.05, 4.69) is 15.9 Å². The second-order valence-corrected chi connectivity index (χ2v) is 8.13. The zero-order valence-corrected chi connectivity index (χ0v) is 16.5. The topological polar surface area (TPSA) is 20.3 Å². The number of benzene rings is 2. The predicted octanol–water partition coefficient (Wildman–Crippen LogP) is 6.30. The van der Waals surface area contributed by atoms with E-state index in [4.69, 9.17) is 35.4 Å². The Morgan fingerprint density at radius 2 is 1.92 bits per heavy atom. The zero-order chi connectivity index (χ0) is 17.4. The molecule has 1 amide bonds. The molecule has 1 saturated heterocycles. The lowest BCUT2D eigenvalue weighted by atomic mass is 10.2. The number of halogens is 4. The fraction of sp³-hybridized carbons (Fsp3) is 0. The van der Waals surface area contributed by atoms with Crippen molar-refractivity contribution in [3.8, 4) is 0 Å². The molecule has 24 heavy (non-hydrogen) atoms. The maximum absolute atomic E-state index is 13.3. The molecule has 0 bridgehead atoms. The van der Waals surface area contributed by atoms with Crippen molar-refractivity contribution >= 4 is 85.1 Å². The number of thiocarbonyl (C=S) groups is 1. The molecule has 8 heteroatoms. The Bertz CT molecular complexity index is 904. The summed E-state index contributed by atoms with van der Waals surface area (Å²) >= 11 is 21.5.